The highest BCUT2D eigenvalue weighted by Crippen LogP contribution is 2.25. The second-order valence-corrected chi connectivity index (χ2v) is 9.26. The van der Waals surface area contributed by atoms with Gasteiger partial charge in [-0.1, -0.05) is 18.2 Å². The molecule has 0 heterocycles. The van der Waals surface area contributed by atoms with Crippen molar-refractivity contribution in [3.8, 4) is 0 Å². The molecule has 0 fully saturated rings. The second-order valence-electron chi connectivity index (χ2n) is 4.79. The van der Waals surface area contributed by atoms with E-state index in [9.17, 15) is 4.39 Å². The largest absolute Gasteiger partial charge is 0.410 e. The first kappa shape index (κ1) is 13.1. The quantitative estimate of drug-likeness (QED) is 0.549. The molecule has 0 aliphatic heterocycles. The minimum atomic E-state index is -1.60. The van der Waals surface area contributed by atoms with Crippen LogP contribution in [0.4, 0.5) is 4.39 Å². The molecule has 0 N–H and O–H groups in total. The van der Waals surface area contributed by atoms with Crippen molar-refractivity contribution >= 4 is 8.32 Å². The normalized spacial score (nSPS) is 13.5. The highest BCUT2D eigenvalue weighted by molar-refractivity contribution is 6.69. The molecular weight excluding hydrogens is 219 g/mol. The van der Waals surface area contributed by atoms with Crippen LogP contribution in [0.1, 0.15) is 18.1 Å². The van der Waals surface area contributed by atoms with Gasteiger partial charge in [-0.05, 0) is 43.8 Å². The molecule has 88 valence electrons. The van der Waals surface area contributed by atoms with Crippen LogP contribution >= 0.6 is 0 Å². The lowest BCUT2D eigenvalue weighted by molar-refractivity contribution is 0.201. The van der Waals surface area contributed by atoms with Crippen LogP contribution in [0.5, 0.6) is 0 Å². The van der Waals surface area contributed by atoms with Gasteiger partial charge in [-0.15, -0.1) is 6.58 Å². The summed E-state index contributed by atoms with van der Waals surface area (Å²) in [6.07, 6.45) is 2.61. The standard InChI is InChI=1S/C13H19FOSi/c1-5-6-13(15-16(2,3)4)11-7-9-12(14)10-8-11/h5,7-10,13H,1,6H2,2-4H3. The van der Waals surface area contributed by atoms with Crippen LogP contribution in [-0.4, -0.2) is 8.32 Å². The summed E-state index contributed by atoms with van der Waals surface area (Å²) in [6.45, 7) is 10.2. The Bertz CT molecular complexity index is 340. The van der Waals surface area contributed by atoms with Crippen molar-refractivity contribution < 1.29 is 8.82 Å². The molecule has 0 bridgehead atoms. The van der Waals surface area contributed by atoms with Gasteiger partial charge in [0, 0.05) is 0 Å². The maximum Gasteiger partial charge on any atom is 0.184 e. The van der Waals surface area contributed by atoms with Crippen LogP contribution in [0.2, 0.25) is 19.6 Å². The van der Waals surface area contributed by atoms with Gasteiger partial charge in [0.2, 0.25) is 0 Å². The van der Waals surface area contributed by atoms with Crippen LogP contribution in [0.15, 0.2) is 36.9 Å². The van der Waals surface area contributed by atoms with Crippen molar-refractivity contribution in [3.63, 3.8) is 0 Å². The van der Waals surface area contributed by atoms with Crippen molar-refractivity contribution in [2.75, 3.05) is 0 Å². The van der Waals surface area contributed by atoms with Gasteiger partial charge < -0.3 is 4.43 Å². The highest BCUT2D eigenvalue weighted by atomic mass is 28.4. The summed E-state index contributed by atoms with van der Waals surface area (Å²) >= 11 is 0. The fourth-order valence-corrected chi connectivity index (χ4v) is 2.59. The van der Waals surface area contributed by atoms with Crippen LogP contribution in [0.25, 0.3) is 0 Å². The summed E-state index contributed by atoms with van der Waals surface area (Å²) in [4.78, 5) is 0. The Balaban J connectivity index is 2.84. The van der Waals surface area contributed by atoms with Crippen molar-refractivity contribution in [3.05, 3.63) is 48.3 Å². The summed E-state index contributed by atoms with van der Waals surface area (Å²) < 4.78 is 18.9. The van der Waals surface area contributed by atoms with E-state index in [1.54, 1.807) is 12.1 Å². The van der Waals surface area contributed by atoms with E-state index < -0.39 is 8.32 Å². The molecular formula is C13H19FOSi. The van der Waals surface area contributed by atoms with E-state index in [2.05, 4.69) is 26.2 Å². The lowest BCUT2D eigenvalue weighted by atomic mass is 10.1. The second kappa shape index (κ2) is 5.41. The van der Waals surface area contributed by atoms with Crippen LogP contribution in [0.3, 0.4) is 0 Å². The summed E-state index contributed by atoms with van der Waals surface area (Å²) in [5.74, 6) is -0.214. The monoisotopic (exact) mass is 238 g/mol. The smallest absolute Gasteiger partial charge is 0.184 e. The molecule has 0 aliphatic carbocycles. The first-order valence-corrected chi connectivity index (χ1v) is 8.87. The van der Waals surface area contributed by atoms with Crippen molar-refractivity contribution in [2.24, 2.45) is 0 Å². The Labute approximate surface area is 98.1 Å². The lowest BCUT2D eigenvalue weighted by Crippen LogP contribution is -2.27. The molecule has 1 atom stereocenters. The Morgan fingerprint density at radius 3 is 2.31 bits per heavy atom. The first-order valence-electron chi connectivity index (χ1n) is 5.46. The third kappa shape index (κ3) is 4.29. The van der Waals surface area contributed by atoms with Gasteiger partial charge in [0.25, 0.3) is 0 Å². The number of halogens is 1. The summed E-state index contributed by atoms with van der Waals surface area (Å²) in [5, 5.41) is 0. The molecule has 0 radical (unpaired) electrons. The van der Waals surface area contributed by atoms with Gasteiger partial charge >= 0.3 is 0 Å². The highest BCUT2D eigenvalue weighted by Gasteiger charge is 2.21. The Kier molecular flexibility index (Phi) is 4.44. The average molecular weight is 238 g/mol. The predicted molar refractivity (Wildman–Crippen MR) is 68.4 cm³/mol. The minimum absolute atomic E-state index is 0.00441. The molecule has 0 saturated heterocycles. The molecule has 1 unspecified atom stereocenters. The van der Waals surface area contributed by atoms with E-state index in [4.69, 9.17) is 4.43 Å². The SMILES string of the molecule is C=CCC(O[Si](C)(C)C)c1ccc(F)cc1. The Morgan fingerprint density at radius 2 is 1.88 bits per heavy atom. The fourth-order valence-electron chi connectivity index (χ4n) is 1.51. The van der Waals surface area contributed by atoms with Gasteiger partial charge in [-0.2, -0.15) is 0 Å². The van der Waals surface area contributed by atoms with Gasteiger partial charge in [0.15, 0.2) is 8.32 Å². The predicted octanol–water partition coefficient (Wildman–Crippen LogP) is 4.29. The Morgan fingerprint density at radius 1 is 1.31 bits per heavy atom. The molecule has 0 aliphatic rings. The Hall–Kier alpha value is -0.933. The van der Waals surface area contributed by atoms with Crippen molar-refractivity contribution in [1.29, 1.82) is 0 Å². The fraction of sp³-hybridized carbons (Fsp3) is 0.385. The summed E-state index contributed by atoms with van der Waals surface area (Å²) in [6, 6.07) is 6.51. The molecule has 1 aromatic carbocycles. The van der Waals surface area contributed by atoms with E-state index in [0.717, 1.165) is 12.0 Å². The van der Waals surface area contributed by atoms with E-state index in [1.165, 1.54) is 12.1 Å². The molecule has 0 saturated carbocycles. The van der Waals surface area contributed by atoms with E-state index in [1.807, 2.05) is 6.08 Å². The topological polar surface area (TPSA) is 9.23 Å². The van der Waals surface area contributed by atoms with Gasteiger partial charge in [0.1, 0.15) is 5.82 Å². The number of benzene rings is 1. The van der Waals surface area contributed by atoms with Crippen LogP contribution in [-0.2, 0) is 4.43 Å². The van der Waals surface area contributed by atoms with Crippen LogP contribution < -0.4 is 0 Å². The van der Waals surface area contributed by atoms with E-state index >= 15 is 0 Å². The number of rotatable bonds is 5. The lowest BCUT2D eigenvalue weighted by Gasteiger charge is -2.26. The van der Waals surface area contributed by atoms with Gasteiger partial charge in [-0.3, -0.25) is 0 Å². The molecule has 16 heavy (non-hydrogen) atoms. The molecule has 0 amide bonds. The molecule has 1 aromatic rings. The van der Waals surface area contributed by atoms with E-state index in [0.29, 0.717) is 0 Å². The first-order chi connectivity index (χ1) is 7.42. The molecule has 1 rings (SSSR count). The number of hydrogen-bond donors (Lipinski definition) is 0. The zero-order chi connectivity index (χ0) is 12.2. The van der Waals surface area contributed by atoms with Crippen molar-refractivity contribution in [1.82, 2.24) is 0 Å². The third-order valence-corrected chi connectivity index (χ3v) is 3.11. The maximum absolute atomic E-state index is 12.8. The van der Waals surface area contributed by atoms with Crippen molar-refractivity contribution in [2.45, 2.75) is 32.2 Å². The zero-order valence-electron chi connectivity index (χ0n) is 10.2. The average Bonchev–Trinajstić information content (AvgIpc) is 2.16. The number of hydrogen-bond acceptors (Lipinski definition) is 1. The third-order valence-electron chi connectivity index (χ3n) is 2.12. The molecule has 3 heteroatoms. The minimum Gasteiger partial charge on any atom is -0.410 e. The van der Waals surface area contributed by atoms with Crippen LogP contribution in [0, 0.1) is 5.82 Å². The zero-order valence-corrected chi connectivity index (χ0v) is 11.2. The summed E-state index contributed by atoms with van der Waals surface area (Å²) in [7, 11) is -1.60. The van der Waals surface area contributed by atoms with Gasteiger partial charge in [-0.25, -0.2) is 4.39 Å². The molecule has 0 spiro atoms. The molecule has 1 nitrogen and oxygen atoms in total. The van der Waals surface area contributed by atoms with Gasteiger partial charge in [0.05, 0.1) is 6.10 Å². The maximum atomic E-state index is 12.8. The summed E-state index contributed by atoms with van der Waals surface area (Å²) in [5.41, 5.74) is 1.02. The van der Waals surface area contributed by atoms with E-state index in [-0.39, 0.29) is 11.9 Å². The molecule has 0 aromatic heterocycles.